The van der Waals surface area contributed by atoms with Crippen LogP contribution in [0.5, 0.6) is 0 Å². The van der Waals surface area contributed by atoms with Gasteiger partial charge >= 0.3 is 41.5 Å². The van der Waals surface area contributed by atoms with Crippen molar-refractivity contribution in [1.82, 2.24) is 4.90 Å². The van der Waals surface area contributed by atoms with Crippen molar-refractivity contribution >= 4 is 42.0 Å². The molecule has 0 bridgehead atoms. The molecular weight excluding hydrogens is 439 g/mol. The Bertz CT molecular complexity index is 936. The number of esters is 1. The molecule has 0 unspecified atom stereocenters. The maximum absolute atomic E-state index is 12.6. The number of carboxylic acids is 1. The van der Waals surface area contributed by atoms with Gasteiger partial charge in [0.05, 0.1) is 0 Å². The predicted octanol–water partition coefficient (Wildman–Crippen LogP) is -3.15. The number of amides is 1. The van der Waals surface area contributed by atoms with Crippen LogP contribution >= 0.6 is 11.8 Å². The molecule has 158 valence electrons. The van der Waals surface area contributed by atoms with Crippen LogP contribution in [0, 0.1) is 0 Å². The third kappa shape index (κ3) is 5.29. The summed E-state index contributed by atoms with van der Waals surface area (Å²) in [6, 6.07) is 7.10. The van der Waals surface area contributed by atoms with Gasteiger partial charge in [0.2, 0.25) is 0 Å². The minimum atomic E-state index is -1.34. The number of carboxylic acid groups (broad SMARTS) is 1. The number of ether oxygens (including phenoxy) is 2. The van der Waals surface area contributed by atoms with E-state index in [9.17, 15) is 29.4 Å². The van der Waals surface area contributed by atoms with Gasteiger partial charge in [-0.3, -0.25) is 24.3 Å². The number of carbonyl (C=O) groups excluding carboxylic acids is 3. The number of hydrogen-bond acceptors (Lipinski definition) is 9. The molecule has 1 aromatic carbocycles. The van der Waals surface area contributed by atoms with Gasteiger partial charge in [-0.05, 0) is 5.56 Å². The second kappa shape index (κ2) is 10.8. The van der Waals surface area contributed by atoms with Crippen molar-refractivity contribution in [3.63, 3.8) is 0 Å². The van der Waals surface area contributed by atoms with E-state index in [1.807, 2.05) is 0 Å². The summed E-state index contributed by atoms with van der Waals surface area (Å²) >= 11 is 1.20. The summed E-state index contributed by atoms with van der Waals surface area (Å²) in [7, 11) is 0. The maximum Gasteiger partial charge on any atom is 1.00 e. The van der Waals surface area contributed by atoms with Crippen LogP contribution in [0.3, 0.4) is 0 Å². The fourth-order valence-corrected chi connectivity index (χ4v) is 4.43. The van der Waals surface area contributed by atoms with Crippen molar-refractivity contribution in [2.24, 2.45) is 4.99 Å². The number of fused-ring (bicyclic) bond motifs is 1. The molecule has 0 aliphatic carbocycles. The zero-order valence-corrected chi connectivity index (χ0v) is 19.5. The standard InChI is InChI=1S/C19H18N2O8S.Na/c1-10(23)28-7-12-8-30-18-13(17(25)21(18)14(12)19(26)27)20-16(24)15(29-9-22)11-5-3-2-4-6-11;/h2-6,9,13,15,18H,7-8H2,1H3,(H,20,24)(H,26,27);/q;+1/p-1/t13-,15-,18-;/m1./s1. The normalized spacial score (nSPS) is 21.3. The van der Waals surface area contributed by atoms with Gasteiger partial charge in [-0.15, -0.1) is 11.8 Å². The SMILES string of the molecule is CC(=O)OCC1=C(C(=O)O)N2C(=O)[C@@H](N=C([O-])[C@H](OC=O)c3ccccc3)[C@H]2SC1.[Na+]. The summed E-state index contributed by atoms with van der Waals surface area (Å²) in [5.41, 5.74) is 0.407. The summed E-state index contributed by atoms with van der Waals surface area (Å²) < 4.78 is 9.72. The van der Waals surface area contributed by atoms with Crippen LogP contribution in [-0.2, 0) is 28.7 Å². The molecule has 3 atom stereocenters. The number of β-lactam (4-membered cyclic amide) rings is 1. The number of benzene rings is 1. The molecule has 2 heterocycles. The van der Waals surface area contributed by atoms with Gasteiger partial charge in [-0.2, -0.15) is 0 Å². The van der Waals surface area contributed by atoms with Crippen LogP contribution in [0.15, 0.2) is 46.6 Å². The van der Waals surface area contributed by atoms with E-state index in [4.69, 9.17) is 9.47 Å². The van der Waals surface area contributed by atoms with E-state index < -0.39 is 41.3 Å². The molecule has 1 amide bonds. The first-order valence-electron chi connectivity index (χ1n) is 8.77. The summed E-state index contributed by atoms with van der Waals surface area (Å²) in [5.74, 6) is -3.21. The molecule has 0 radical (unpaired) electrons. The van der Waals surface area contributed by atoms with E-state index >= 15 is 0 Å². The average molecular weight is 456 g/mol. The van der Waals surface area contributed by atoms with Gasteiger partial charge in [-0.1, -0.05) is 30.3 Å². The Labute approximate surface area is 203 Å². The van der Waals surface area contributed by atoms with Crippen LogP contribution in [0.25, 0.3) is 0 Å². The molecule has 0 spiro atoms. The largest absolute Gasteiger partial charge is 1.00 e. The van der Waals surface area contributed by atoms with Crippen molar-refractivity contribution in [3.8, 4) is 0 Å². The maximum atomic E-state index is 12.6. The first kappa shape index (κ1) is 24.9. The number of aliphatic imine (C=N–C) groups is 1. The van der Waals surface area contributed by atoms with Crippen molar-refractivity contribution in [1.29, 1.82) is 0 Å². The quantitative estimate of drug-likeness (QED) is 0.107. The molecule has 2 aliphatic heterocycles. The monoisotopic (exact) mass is 456 g/mol. The molecule has 0 saturated carbocycles. The Hall–Kier alpha value is -2.34. The second-order valence-electron chi connectivity index (χ2n) is 6.38. The van der Waals surface area contributed by atoms with Crippen LogP contribution in [0.4, 0.5) is 0 Å². The first-order valence-corrected chi connectivity index (χ1v) is 9.82. The van der Waals surface area contributed by atoms with Crippen LogP contribution in [0.1, 0.15) is 18.6 Å². The molecule has 1 aromatic rings. The minimum absolute atomic E-state index is 0. The Balaban J connectivity index is 0.00000341. The molecule has 31 heavy (non-hydrogen) atoms. The van der Waals surface area contributed by atoms with E-state index in [0.29, 0.717) is 5.56 Å². The van der Waals surface area contributed by atoms with Crippen LogP contribution in [0.2, 0.25) is 0 Å². The van der Waals surface area contributed by atoms with Gasteiger partial charge in [0.15, 0.2) is 12.1 Å². The van der Waals surface area contributed by atoms with Crippen molar-refractivity contribution < 1.29 is 68.4 Å². The molecular formula is C19H17N2NaO8S. The van der Waals surface area contributed by atoms with E-state index in [1.165, 1.54) is 18.7 Å². The summed E-state index contributed by atoms with van der Waals surface area (Å²) in [6.45, 7) is 1.08. The van der Waals surface area contributed by atoms with Gasteiger partial charge in [0.1, 0.15) is 17.7 Å². The number of rotatable bonds is 8. The fraction of sp³-hybridized carbons (Fsp3) is 0.316. The molecule has 1 N–H and O–H groups in total. The van der Waals surface area contributed by atoms with Gasteiger partial charge in [0.25, 0.3) is 12.4 Å². The molecule has 2 aliphatic rings. The molecule has 3 rings (SSSR count). The van der Waals surface area contributed by atoms with E-state index in [0.717, 1.165) is 4.90 Å². The zero-order valence-electron chi connectivity index (χ0n) is 16.7. The minimum Gasteiger partial charge on any atom is -0.859 e. The Morgan fingerprint density at radius 1 is 1.39 bits per heavy atom. The molecule has 12 heteroatoms. The van der Waals surface area contributed by atoms with Gasteiger partial charge in [-0.25, -0.2) is 4.79 Å². The summed E-state index contributed by atoms with van der Waals surface area (Å²) in [5, 5.41) is 21.4. The number of nitrogens with zero attached hydrogens (tertiary/aromatic N) is 2. The summed E-state index contributed by atoms with van der Waals surface area (Å²) in [4.78, 5) is 51.1. The van der Waals surface area contributed by atoms with Crippen molar-refractivity contribution in [2.45, 2.75) is 24.4 Å². The number of aliphatic carboxylic acids is 1. The zero-order chi connectivity index (χ0) is 21.8. The number of carbonyl (C=O) groups is 4. The third-order valence-electron chi connectivity index (χ3n) is 4.46. The Kier molecular flexibility index (Phi) is 8.69. The Morgan fingerprint density at radius 2 is 2.06 bits per heavy atom. The van der Waals surface area contributed by atoms with Crippen molar-refractivity contribution in [3.05, 3.63) is 47.2 Å². The fourth-order valence-electron chi connectivity index (χ4n) is 3.12. The molecule has 10 nitrogen and oxygen atoms in total. The predicted molar refractivity (Wildman–Crippen MR) is 102 cm³/mol. The number of hydrogen-bond donors (Lipinski definition) is 1. The molecule has 1 saturated heterocycles. The topological polar surface area (TPSA) is 146 Å². The number of thioether (sulfide) groups is 1. The smallest absolute Gasteiger partial charge is 0.859 e. The van der Waals surface area contributed by atoms with E-state index in [-0.39, 0.29) is 59.7 Å². The van der Waals surface area contributed by atoms with Crippen molar-refractivity contribution in [2.75, 3.05) is 12.4 Å². The van der Waals surface area contributed by atoms with Crippen LogP contribution < -0.4 is 34.7 Å². The third-order valence-corrected chi connectivity index (χ3v) is 5.78. The molecule has 1 fully saturated rings. The van der Waals surface area contributed by atoms with Crippen LogP contribution in [-0.4, -0.2) is 64.0 Å². The van der Waals surface area contributed by atoms with E-state index in [1.54, 1.807) is 30.3 Å². The average Bonchev–Trinajstić information content (AvgIpc) is 2.73. The molecule has 0 aromatic heterocycles. The summed E-state index contributed by atoms with van der Waals surface area (Å²) in [6.07, 6.45) is -1.30. The van der Waals surface area contributed by atoms with E-state index in [2.05, 4.69) is 4.99 Å². The van der Waals surface area contributed by atoms with Gasteiger partial charge < -0.3 is 19.7 Å². The first-order chi connectivity index (χ1) is 14.3. The second-order valence-corrected chi connectivity index (χ2v) is 7.49. The van der Waals surface area contributed by atoms with Gasteiger partial charge in [0, 0.05) is 24.1 Å². The Morgan fingerprint density at radius 3 is 2.65 bits per heavy atom.